The molecule has 1 unspecified atom stereocenters. The zero-order chi connectivity index (χ0) is 37.8. The summed E-state index contributed by atoms with van der Waals surface area (Å²) in [5.74, 6) is -0.681. The molecule has 0 aliphatic carbocycles. The molecule has 1 atom stereocenters. The second kappa shape index (κ2) is 42.8. The summed E-state index contributed by atoms with van der Waals surface area (Å²) in [6.45, 7) is 4.30. The highest BCUT2D eigenvalue weighted by atomic mass is 16.5. The number of carboxylic acids is 1. The summed E-state index contributed by atoms with van der Waals surface area (Å²) in [7, 11) is 0. The second-order valence-corrected chi connectivity index (χ2v) is 14.5. The molecule has 52 heavy (non-hydrogen) atoms. The van der Waals surface area contributed by atoms with Crippen LogP contribution in [0.3, 0.4) is 0 Å². The number of allylic oxidation sites excluding steroid dienone is 12. The lowest BCUT2D eigenvalue weighted by atomic mass is 10.0. The van der Waals surface area contributed by atoms with E-state index in [9.17, 15) is 9.59 Å². The van der Waals surface area contributed by atoms with Crippen LogP contribution in [0.4, 0.5) is 0 Å². The van der Waals surface area contributed by atoms with Gasteiger partial charge >= 0.3 is 11.9 Å². The molecule has 0 rings (SSSR count). The fraction of sp³-hybridized carbons (Fsp3) is 0.708. The van der Waals surface area contributed by atoms with Gasteiger partial charge in [-0.3, -0.25) is 9.59 Å². The Labute approximate surface area is 322 Å². The van der Waals surface area contributed by atoms with Crippen molar-refractivity contribution in [3.05, 3.63) is 72.9 Å². The van der Waals surface area contributed by atoms with Gasteiger partial charge in [0.05, 0.1) is 0 Å². The molecule has 0 saturated heterocycles. The van der Waals surface area contributed by atoms with Gasteiger partial charge in [0.25, 0.3) is 0 Å². The largest absolute Gasteiger partial charge is 0.481 e. The minimum atomic E-state index is -0.663. The van der Waals surface area contributed by atoms with E-state index in [1.165, 1.54) is 103 Å². The summed E-state index contributed by atoms with van der Waals surface area (Å²) < 4.78 is 5.79. The summed E-state index contributed by atoms with van der Waals surface area (Å²) in [5, 5.41) is 8.66. The van der Waals surface area contributed by atoms with E-state index in [-0.39, 0.29) is 12.1 Å². The number of unbranched alkanes of at least 4 members (excludes halogenated alkanes) is 19. The van der Waals surface area contributed by atoms with Crippen LogP contribution in [0.5, 0.6) is 0 Å². The molecule has 0 aromatic rings. The molecule has 0 spiro atoms. The topological polar surface area (TPSA) is 63.6 Å². The maximum atomic E-state index is 12.4. The van der Waals surface area contributed by atoms with E-state index in [4.69, 9.17) is 9.84 Å². The molecular formula is C48H82O4. The maximum absolute atomic E-state index is 12.4. The molecule has 4 heteroatoms. The number of ether oxygens (including phenoxy) is 1. The van der Waals surface area contributed by atoms with Gasteiger partial charge in [0.15, 0.2) is 0 Å². The van der Waals surface area contributed by atoms with Crippen molar-refractivity contribution in [2.45, 2.75) is 219 Å². The Hall–Kier alpha value is -2.62. The Morgan fingerprint density at radius 2 is 0.788 bits per heavy atom. The second-order valence-electron chi connectivity index (χ2n) is 14.5. The first-order chi connectivity index (χ1) is 25.6. The minimum Gasteiger partial charge on any atom is -0.481 e. The van der Waals surface area contributed by atoms with Gasteiger partial charge in [0.2, 0.25) is 0 Å². The molecule has 0 amide bonds. The van der Waals surface area contributed by atoms with Crippen molar-refractivity contribution < 1.29 is 19.4 Å². The van der Waals surface area contributed by atoms with Crippen LogP contribution < -0.4 is 0 Å². The number of rotatable bonds is 39. The minimum absolute atomic E-state index is 0.0173. The van der Waals surface area contributed by atoms with Crippen molar-refractivity contribution in [3.8, 4) is 0 Å². The monoisotopic (exact) mass is 723 g/mol. The number of carbonyl (C=O) groups is 2. The molecular weight excluding hydrogens is 641 g/mol. The molecule has 0 radical (unpaired) electrons. The summed E-state index contributed by atoms with van der Waals surface area (Å²) in [6, 6.07) is 0. The smallest absolute Gasteiger partial charge is 0.306 e. The lowest BCUT2D eigenvalue weighted by Crippen LogP contribution is -2.17. The zero-order valence-corrected chi connectivity index (χ0v) is 34.1. The lowest BCUT2D eigenvalue weighted by Gasteiger charge is -2.16. The highest BCUT2D eigenvalue weighted by Gasteiger charge is 2.12. The summed E-state index contributed by atoms with van der Waals surface area (Å²) in [6.07, 6.45) is 61.7. The third-order valence-electron chi connectivity index (χ3n) is 9.52. The number of carboxylic acid groups (broad SMARTS) is 1. The lowest BCUT2D eigenvalue weighted by molar-refractivity contribution is -0.149. The van der Waals surface area contributed by atoms with Gasteiger partial charge in [-0.15, -0.1) is 0 Å². The van der Waals surface area contributed by atoms with Crippen LogP contribution in [0.25, 0.3) is 0 Å². The first-order valence-corrected chi connectivity index (χ1v) is 21.9. The predicted octanol–water partition coefficient (Wildman–Crippen LogP) is 15.5. The van der Waals surface area contributed by atoms with E-state index < -0.39 is 5.97 Å². The summed E-state index contributed by atoms with van der Waals surface area (Å²) >= 11 is 0. The van der Waals surface area contributed by atoms with Gasteiger partial charge in [-0.1, -0.05) is 189 Å². The number of carbonyl (C=O) groups excluding carboxylic acids is 1. The van der Waals surface area contributed by atoms with Gasteiger partial charge in [0.1, 0.15) is 6.10 Å². The third-order valence-corrected chi connectivity index (χ3v) is 9.52. The highest BCUT2D eigenvalue weighted by Crippen LogP contribution is 2.17. The van der Waals surface area contributed by atoms with Crippen molar-refractivity contribution in [3.63, 3.8) is 0 Å². The molecule has 0 aromatic carbocycles. The van der Waals surface area contributed by atoms with Crippen LogP contribution in [0.2, 0.25) is 0 Å². The predicted molar refractivity (Wildman–Crippen MR) is 227 cm³/mol. The van der Waals surface area contributed by atoms with E-state index in [0.717, 1.165) is 83.5 Å². The molecule has 4 nitrogen and oxygen atoms in total. The van der Waals surface area contributed by atoms with Crippen LogP contribution in [0.15, 0.2) is 72.9 Å². The van der Waals surface area contributed by atoms with Crippen LogP contribution >= 0.6 is 0 Å². The van der Waals surface area contributed by atoms with Gasteiger partial charge in [-0.25, -0.2) is 0 Å². The molecule has 0 aliphatic heterocycles. The SMILES string of the molecule is CC/C=C\C/C=C\C/C=C\C/C=C\C/C=C\C/C=C\CCCCC(=O)OC(CC)CCCCCCCCCCCCCCCCCCCCC(=O)O. The van der Waals surface area contributed by atoms with E-state index in [1.54, 1.807) is 0 Å². The standard InChI is InChI=1S/C48H82O4/c1-3-5-6-7-8-9-10-11-12-13-14-15-16-21-24-27-30-33-36-39-42-45-48(51)52-46(4-2)43-40-37-34-31-28-25-22-19-17-18-20-23-26-29-32-35-38-41-44-47(49)50/h5-6,8-9,11-12,14-15,21,24,30,33,46H,3-4,7,10,13,16-20,22-23,25-29,31-32,34-45H2,1-2H3,(H,49,50)/b6-5-,9-8-,12-11-,15-14-,24-21-,33-30-. The van der Waals surface area contributed by atoms with Crippen LogP contribution in [-0.4, -0.2) is 23.1 Å². The Morgan fingerprint density at radius 1 is 0.442 bits per heavy atom. The van der Waals surface area contributed by atoms with Crippen molar-refractivity contribution in [2.75, 3.05) is 0 Å². The van der Waals surface area contributed by atoms with Crippen LogP contribution in [-0.2, 0) is 14.3 Å². The summed E-state index contributed by atoms with van der Waals surface area (Å²) in [5.41, 5.74) is 0. The maximum Gasteiger partial charge on any atom is 0.306 e. The molecule has 298 valence electrons. The quantitative estimate of drug-likeness (QED) is 0.0390. The average Bonchev–Trinajstić information content (AvgIpc) is 3.14. The van der Waals surface area contributed by atoms with E-state index in [2.05, 4.69) is 86.8 Å². The molecule has 1 N–H and O–H groups in total. The van der Waals surface area contributed by atoms with E-state index in [1.807, 2.05) is 0 Å². The van der Waals surface area contributed by atoms with Crippen molar-refractivity contribution >= 4 is 11.9 Å². The highest BCUT2D eigenvalue weighted by molar-refractivity contribution is 5.69. The average molecular weight is 723 g/mol. The Balaban J connectivity index is 3.53. The number of aliphatic carboxylic acids is 1. The van der Waals surface area contributed by atoms with Crippen molar-refractivity contribution in [2.24, 2.45) is 0 Å². The van der Waals surface area contributed by atoms with Gasteiger partial charge in [-0.05, 0) is 83.5 Å². The Kier molecular flexibility index (Phi) is 40.6. The van der Waals surface area contributed by atoms with E-state index >= 15 is 0 Å². The zero-order valence-electron chi connectivity index (χ0n) is 34.1. The fourth-order valence-corrected chi connectivity index (χ4v) is 6.24. The van der Waals surface area contributed by atoms with Crippen molar-refractivity contribution in [1.29, 1.82) is 0 Å². The molecule has 0 fully saturated rings. The van der Waals surface area contributed by atoms with Crippen LogP contribution in [0, 0.1) is 0 Å². The number of esters is 1. The third kappa shape index (κ3) is 41.8. The normalized spacial score (nSPS) is 13.0. The number of hydrogen-bond acceptors (Lipinski definition) is 3. The van der Waals surface area contributed by atoms with Gasteiger partial charge in [-0.2, -0.15) is 0 Å². The van der Waals surface area contributed by atoms with E-state index in [0.29, 0.717) is 12.8 Å². The van der Waals surface area contributed by atoms with Crippen LogP contribution in [0.1, 0.15) is 213 Å². The first-order valence-electron chi connectivity index (χ1n) is 21.9. The number of hydrogen-bond donors (Lipinski definition) is 1. The molecule has 0 aromatic heterocycles. The van der Waals surface area contributed by atoms with Gasteiger partial charge in [0, 0.05) is 12.8 Å². The molecule has 0 bridgehead atoms. The van der Waals surface area contributed by atoms with Crippen molar-refractivity contribution in [1.82, 2.24) is 0 Å². The molecule has 0 aliphatic rings. The Morgan fingerprint density at radius 3 is 1.17 bits per heavy atom. The summed E-state index contributed by atoms with van der Waals surface area (Å²) in [4.78, 5) is 22.9. The Bertz CT molecular complexity index is 953. The fourth-order valence-electron chi connectivity index (χ4n) is 6.24. The first kappa shape index (κ1) is 49.4. The molecule has 0 heterocycles. The molecule has 0 saturated carbocycles. The van der Waals surface area contributed by atoms with Gasteiger partial charge < -0.3 is 9.84 Å².